The maximum Gasteiger partial charge on any atom is 0.237 e. The third kappa shape index (κ3) is 6.03. The third-order valence-electron chi connectivity index (χ3n) is 4.84. The van der Waals surface area contributed by atoms with E-state index < -0.39 is 6.04 Å². The highest BCUT2D eigenvalue weighted by molar-refractivity contribution is 5.85. The fourth-order valence-corrected chi connectivity index (χ4v) is 3.32. The van der Waals surface area contributed by atoms with Gasteiger partial charge in [0.2, 0.25) is 5.91 Å². The van der Waals surface area contributed by atoms with Gasteiger partial charge in [0, 0.05) is 19.8 Å². The lowest BCUT2D eigenvalue weighted by Gasteiger charge is -2.29. The van der Waals surface area contributed by atoms with Crippen LogP contribution in [0.25, 0.3) is 0 Å². The fourth-order valence-electron chi connectivity index (χ4n) is 3.32. The van der Waals surface area contributed by atoms with Crippen LogP contribution in [0.5, 0.6) is 0 Å². The number of nitrogens with one attached hydrogen (secondary N) is 1. The first-order valence-electron chi connectivity index (χ1n) is 8.41. The zero-order valence-electron chi connectivity index (χ0n) is 13.6. The summed E-state index contributed by atoms with van der Waals surface area (Å²) in [5, 5.41) is 2.90. The monoisotopic (exact) mass is 334 g/mol. The van der Waals surface area contributed by atoms with E-state index in [1.165, 1.54) is 19.3 Å². The number of halogens is 1. The van der Waals surface area contributed by atoms with Crippen molar-refractivity contribution in [2.24, 2.45) is 17.6 Å². The molecule has 2 rings (SSSR count). The first-order chi connectivity index (χ1) is 10.2. The molecule has 2 aliphatic rings. The summed E-state index contributed by atoms with van der Waals surface area (Å²) in [6.45, 7) is 4.83. The van der Waals surface area contributed by atoms with E-state index in [-0.39, 0.29) is 24.2 Å². The Bertz CT molecular complexity index is 325. The van der Waals surface area contributed by atoms with Crippen LogP contribution in [0.4, 0.5) is 0 Å². The third-order valence-corrected chi connectivity index (χ3v) is 4.84. The van der Waals surface area contributed by atoms with E-state index in [0.29, 0.717) is 38.4 Å². The second-order valence-electron chi connectivity index (χ2n) is 6.44. The van der Waals surface area contributed by atoms with Crippen molar-refractivity contribution in [3.63, 3.8) is 0 Å². The van der Waals surface area contributed by atoms with Crippen molar-refractivity contribution in [3.8, 4) is 0 Å². The Hall–Kier alpha value is -0.360. The van der Waals surface area contributed by atoms with Gasteiger partial charge in [-0.05, 0) is 37.5 Å². The molecule has 5 nitrogen and oxygen atoms in total. The van der Waals surface area contributed by atoms with Gasteiger partial charge in [-0.15, -0.1) is 12.4 Å². The van der Waals surface area contributed by atoms with Crippen LogP contribution in [0, 0.1) is 11.8 Å². The molecule has 3 N–H and O–H groups in total. The van der Waals surface area contributed by atoms with Crippen LogP contribution in [0.1, 0.15) is 45.4 Å². The number of hydrogen-bond acceptors (Lipinski definition) is 4. The molecular formula is C16H31ClN2O3. The molecule has 1 saturated heterocycles. The van der Waals surface area contributed by atoms with E-state index in [9.17, 15) is 4.79 Å². The number of carbonyl (C=O) groups is 1. The molecule has 2 fully saturated rings. The molecule has 0 aromatic heterocycles. The van der Waals surface area contributed by atoms with Crippen molar-refractivity contribution in [1.82, 2.24) is 5.32 Å². The molecule has 0 radical (unpaired) electrons. The van der Waals surface area contributed by atoms with E-state index >= 15 is 0 Å². The molecular weight excluding hydrogens is 304 g/mol. The highest BCUT2D eigenvalue weighted by Gasteiger charge is 2.26. The summed E-state index contributed by atoms with van der Waals surface area (Å²) in [5.41, 5.74) is 6.03. The van der Waals surface area contributed by atoms with E-state index in [2.05, 4.69) is 12.2 Å². The molecule has 6 heteroatoms. The first kappa shape index (κ1) is 19.7. The average molecular weight is 335 g/mol. The molecule has 3 unspecified atom stereocenters. The van der Waals surface area contributed by atoms with Crippen LogP contribution < -0.4 is 11.1 Å². The van der Waals surface area contributed by atoms with Crippen molar-refractivity contribution >= 4 is 18.3 Å². The van der Waals surface area contributed by atoms with Gasteiger partial charge < -0.3 is 20.5 Å². The van der Waals surface area contributed by atoms with Crippen LogP contribution in [-0.2, 0) is 14.3 Å². The molecule has 130 valence electrons. The highest BCUT2D eigenvalue weighted by atomic mass is 35.5. The molecule has 1 aliphatic heterocycles. The van der Waals surface area contributed by atoms with Crippen LogP contribution in [-0.4, -0.2) is 44.4 Å². The molecule has 1 aliphatic carbocycles. The van der Waals surface area contributed by atoms with Crippen LogP contribution in [0.2, 0.25) is 0 Å². The van der Waals surface area contributed by atoms with Crippen molar-refractivity contribution in [2.45, 2.75) is 57.6 Å². The van der Waals surface area contributed by atoms with E-state index in [1.54, 1.807) is 0 Å². The average Bonchev–Trinajstić information content (AvgIpc) is 2.53. The Labute approximate surface area is 140 Å². The summed E-state index contributed by atoms with van der Waals surface area (Å²) in [6, 6.07) is -0.414. The predicted octanol–water partition coefficient (Wildman–Crippen LogP) is 1.87. The van der Waals surface area contributed by atoms with E-state index in [4.69, 9.17) is 15.2 Å². The van der Waals surface area contributed by atoms with E-state index in [1.807, 2.05) is 0 Å². The zero-order chi connectivity index (χ0) is 15.1. The standard InChI is InChI=1S/C16H30N2O3.ClH/c1-12-4-2-3-5-14(12)21-11-8-18-16(19)15(17)13-6-9-20-10-7-13;/h12-15H,2-11,17H2,1H3,(H,18,19);1H. The van der Waals surface area contributed by atoms with Gasteiger partial charge in [0.25, 0.3) is 0 Å². The van der Waals surface area contributed by atoms with Crippen LogP contribution in [0.3, 0.4) is 0 Å². The van der Waals surface area contributed by atoms with Gasteiger partial charge in [0.1, 0.15) is 0 Å². The lowest BCUT2D eigenvalue weighted by atomic mass is 9.88. The molecule has 22 heavy (non-hydrogen) atoms. The van der Waals surface area contributed by atoms with Crippen molar-refractivity contribution in [3.05, 3.63) is 0 Å². The number of rotatable bonds is 6. The number of ether oxygens (including phenoxy) is 2. The number of amides is 1. The maximum absolute atomic E-state index is 12.0. The highest BCUT2D eigenvalue weighted by Crippen LogP contribution is 2.26. The molecule has 1 heterocycles. The lowest BCUT2D eigenvalue weighted by molar-refractivity contribution is -0.124. The largest absolute Gasteiger partial charge is 0.381 e. The fraction of sp³-hybridized carbons (Fsp3) is 0.938. The summed E-state index contributed by atoms with van der Waals surface area (Å²) in [6.07, 6.45) is 7.10. The summed E-state index contributed by atoms with van der Waals surface area (Å²) in [4.78, 5) is 12.0. The summed E-state index contributed by atoms with van der Waals surface area (Å²) in [7, 11) is 0. The lowest BCUT2D eigenvalue weighted by Crippen LogP contribution is -2.48. The summed E-state index contributed by atoms with van der Waals surface area (Å²) in [5.74, 6) is 0.833. The van der Waals surface area contributed by atoms with Gasteiger partial charge in [-0.1, -0.05) is 19.8 Å². The smallest absolute Gasteiger partial charge is 0.237 e. The van der Waals surface area contributed by atoms with Gasteiger partial charge in [-0.3, -0.25) is 4.79 Å². The number of hydrogen-bond donors (Lipinski definition) is 2. The summed E-state index contributed by atoms with van der Waals surface area (Å²) >= 11 is 0. The van der Waals surface area contributed by atoms with Gasteiger partial charge in [0.05, 0.1) is 18.8 Å². The Morgan fingerprint density at radius 1 is 1.27 bits per heavy atom. The topological polar surface area (TPSA) is 73.6 Å². The Kier molecular flexibility index (Phi) is 9.33. The molecule has 0 aromatic rings. The SMILES string of the molecule is CC1CCCCC1OCCNC(=O)C(N)C1CCOCC1.Cl. The van der Waals surface area contributed by atoms with Crippen molar-refractivity contribution < 1.29 is 14.3 Å². The zero-order valence-corrected chi connectivity index (χ0v) is 14.4. The molecule has 0 bridgehead atoms. The van der Waals surface area contributed by atoms with Gasteiger partial charge >= 0.3 is 0 Å². The van der Waals surface area contributed by atoms with Gasteiger partial charge in [-0.2, -0.15) is 0 Å². The Balaban J connectivity index is 0.00000242. The van der Waals surface area contributed by atoms with Gasteiger partial charge in [-0.25, -0.2) is 0 Å². The molecule has 0 spiro atoms. The Morgan fingerprint density at radius 2 is 1.95 bits per heavy atom. The van der Waals surface area contributed by atoms with Gasteiger partial charge in [0.15, 0.2) is 0 Å². The number of nitrogens with two attached hydrogens (primary N) is 1. The van der Waals surface area contributed by atoms with Crippen molar-refractivity contribution in [1.29, 1.82) is 0 Å². The van der Waals surface area contributed by atoms with E-state index in [0.717, 1.165) is 19.3 Å². The normalized spacial score (nSPS) is 27.7. The number of carbonyl (C=O) groups excluding carboxylic acids is 1. The first-order valence-corrected chi connectivity index (χ1v) is 8.41. The minimum absolute atomic E-state index is 0. The molecule has 1 saturated carbocycles. The molecule has 0 aromatic carbocycles. The minimum Gasteiger partial charge on any atom is -0.381 e. The minimum atomic E-state index is -0.414. The second-order valence-corrected chi connectivity index (χ2v) is 6.44. The van der Waals surface area contributed by atoms with Crippen molar-refractivity contribution in [2.75, 3.05) is 26.4 Å². The second kappa shape index (κ2) is 10.4. The van der Waals surface area contributed by atoms with Crippen LogP contribution >= 0.6 is 12.4 Å². The molecule has 1 amide bonds. The Morgan fingerprint density at radius 3 is 2.64 bits per heavy atom. The maximum atomic E-state index is 12.0. The molecule has 3 atom stereocenters. The van der Waals surface area contributed by atoms with Crippen LogP contribution in [0.15, 0.2) is 0 Å². The predicted molar refractivity (Wildman–Crippen MR) is 89.1 cm³/mol. The quantitative estimate of drug-likeness (QED) is 0.727. The summed E-state index contributed by atoms with van der Waals surface area (Å²) < 4.78 is 11.2.